The number of nitrogens with zero attached hydrogens (tertiary/aromatic N) is 1. The topological polar surface area (TPSA) is 62.1 Å². The maximum absolute atomic E-state index is 13.8. The van der Waals surface area contributed by atoms with E-state index in [1.54, 1.807) is 18.2 Å². The third kappa shape index (κ3) is 5.56. The van der Waals surface area contributed by atoms with E-state index in [9.17, 15) is 14.4 Å². The highest BCUT2D eigenvalue weighted by molar-refractivity contribution is 9.10. The van der Waals surface area contributed by atoms with Crippen LogP contribution in [0.2, 0.25) is 0 Å². The van der Waals surface area contributed by atoms with Gasteiger partial charge in [-0.3, -0.25) is 4.79 Å². The highest BCUT2D eigenvalue weighted by Gasteiger charge is 2.13. The molecular formula is C24H18BrFN2O2. The molecule has 6 heteroatoms. The van der Waals surface area contributed by atoms with Crippen molar-refractivity contribution in [2.75, 3.05) is 5.32 Å². The second kappa shape index (κ2) is 9.86. The van der Waals surface area contributed by atoms with Crippen LogP contribution in [0.1, 0.15) is 16.7 Å². The van der Waals surface area contributed by atoms with Gasteiger partial charge in [-0.15, -0.1) is 0 Å². The largest absolute Gasteiger partial charge is 0.488 e. The summed E-state index contributed by atoms with van der Waals surface area (Å²) in [5.74, 6) is -0.759. The molecule has 0 saturated carbocycles. The highest BCUT2D eigenvalue weighted by atomic mass is 79.9. The van der Waals surface area contributed by atoms with Crippen molar-refractivity contribution in [1.82, 2.24) is 0 Å². The molecule has 3 aromatic carbocycles. The van der Waals surface area contributed by atoms with Crippen molar-refractivity contribution in [3.8, 4) is 11.8 Å². The molecule has 0 aliphatic rings. The Kier molecular flexibility index (Phi) is 6.99. The number of hydrogen-bond donors (Lipinski definition) is 1. The molecule has 0 aliphatic heterocycles. The van der Waals surface area contributed by atoms with E-state index in [0.29, 0.717) is 17.9 Å². The molecule has 0 bridgehead atoms. The first kappa shape index (κ1) is 21.3. The first-order valence-electron chi connectivity index (χ1n) is 9.12. The number of carbonyl (C=O) groups is 1. The summed E-state index contributed by atoms with van der Waals surface area (Å²) >= 11 is 3.39. The minimum Gasteiger partial charge on any atom is -0.488 e. The maximum atomic E-state index is 13.8. The molecule has 3 rings (SSSR count). The van der Waals surface area contributed by atoms with Crippen LogP contribution in [0.3, 0.4) is 0 Å². The molecule has 1 N–H and O–H groups in total. The molecule has 1 amide bonds. The second-order valence-corrected chi connectivity index (χ2v) is 7.48. The fourth-order valence-electron chi connectivity index (χ4n) is 2.67. The zero-order valence-electron chi connectivity index (χ0n) is 16.2. The molecule has 3 aromatic rings. The molecule has 0 spiro atoms. The number of nitrogens with one attached hydrogen (secondary N) is 1. The molecule has 4 nitrogen and oxygen atoms in total. The van der Waals surface area contributed by atoms with Gasteiger partial charge < -0.3 is 10.1 Å². The van der Waals surface area contributed by atoms with Gasteiger partial charge in [-0.25, -0.2) is 4.39 Å². The Labute approximate surface area is 182 Å². The molecule has 30 heavy (non-hydrogen) atoms. The fourth-order valence-corrected chi connectivity index (χ4v) is 3.04. The summed E-state index contributed by atoms with van der Waals surface area (Å²) < 4.78 is 20.5. The van der Waals surface area contributed by atoms with Gasteiger partial charge in [0.05, 0.1) is 5.69 Å². The first-order chi connectivity index (χ1) is 14.5. The van der Waals surface area contributed by atoms with Gasteiger partial charge in [-0.2, -0.15) is 5.26 Å². The lowest BCUT2D eigenvalue weighted by atomic mass is 10.1. The van der Waals surface area contributed by atoms with Crippen molar-refractivity contribution in [2.45, 2.75) is 13.5 Å². The van der Waals surface area contributed by atoms with Gasteiger partial charge in [0, 0.05) is 10.0 Å². The lowest BCUT2D eigenvalue weighted by molar-refractivity contribution is -0.112. The lowest BCUT2D eigenvalue weighted by Gasteiger charge is -2.11. The summed E-state index contributed by atoms with van der Waals surface area (Å²) in [5.41, 5.74) is 2.55. The summed E-state index contributed by atoms with van der Waals surface area (Å²) in [6.07, 6.45) is 1.42. The van der Waals surface area contributed by atoms with Crippen molar-refractivity contribution in [3.63, 3.8) is 0 Å². The first-order valence-corrected chi connectivity index (χ1v) is 9.91. The Morgan fingerprint density at radius 1 is 1.17 bits per heavy atom. The van der Waals surface area contributed by atoms with E-state index in [2.05, 4.69) is 21.2 Å². The summed E-state index contributed by atoms with van der Waals surface area (Å²) in [4.78, 5) is 12.5. The molecule has 0 aromatic heterocycles. The molecule has 0 heterocycles. The maximum Gasteiger partial charge on any atom is 0.266 e. The van der Waals surface area contributed by atoms with Crippen molar-refractivity contribution in [3.05, 3.63) is 99.3 Å². The zero-order valence-corrected chi connectivity index (χ0v) is 17.7. The minimum atomic E-state index is -0.702. The van der Waals surface area contributed by atoms with E-state index in [1.165, 1.54) is 24.3 Å². The van der Waals surface area contributed by atoms with E-state index in [1.807, 2.05) is 43.3 Å². The second-order valence-electron chi connectivity index (χ2n) is 6.56. The van der Waals surface area contributed by atoms with E-state index in [4.69, 9.17) is 4.74 Å². The lowest BCUT2D eigenvalue weighted by Crippen LogP contribution is -2.14. The normalized spacial score (nSPS) is 10.9. The van der Waals surface area contributed by atoms with Crippen molar-refractivity contribution >= 4 is 33.6 Å². The van der Waals surface area contributed by atoms with Crippen LogP contribution in [0, 0.1) is 24.1 Å². The van der Waals surface area contributed by atoms with E-state index >= 15 is 0 Å². The number of aryl methyl sites for hydroxylation is 1. The van der Waals surface area contributed by atoms with Gasteiger partial charge in [-0.05, 0) is 48.9 Å². The average Bonchev–Trinajstić information content (AvgIpc) is 2.74. The molecule has 150 valence electrons. The van der Waals surface area contributed by atoms with Gasteiger partial charge in [0.1, 0.15) is 29.8 Å². The van der Waals surface area contributed by atoms with Gasteiger partial charge >= 0.3 is 0 Å². The number of halogens is 2. The van der Waals surface area contributed by atoms with Crippen LogP contribution >= 0.6 is 15.9 Å². The summed E-state index contributed by atoms with van der Waals surface area (Å²) in [7, 11) is 0. The van der Waals surface area contributed by atoms with E-state index < -0.39 is 11.7 Å². The zero-order chi connectivity index (χ0) is 21.5. The minimum absolute atomic E-state index is 0.00809. The quantitative estimate of drug-likeness (QED) is 0.358. The number of nitriles is 1. The highest BCUT2D eigenvalue weighted by Crippen LogP contribution is 2.27. The Morgan fingerprint density at radius 2 is 1.90 bits per heavy atom. The van der Waals surface area contributed by atoms with E-state index in [0.717, 1.165) is 15.6 Å². The number of para-hydroxylation sites is 1. The molecule has 0 aliphatic carbocycles. The summed E-state index contributed by atoms with van der Waals surface area (Å²) in [5, 5.41) is 11.9. The van der Waals surface area contributed by atoms with E-state index in [-0.39, 0.29) is 11.3 Å². The van der Waals surface area contributed by atoms with Gasteiger partial charge in [0.25, 0.3) is 5.91 Å². The SMILES string of the molecule is Cc1ccc(COc2ccc(Br)cc2/C=C(/C#N)C(=O)Nc2ccccc2F)cc1. The van der Waals surface area contributed by atoms with Crippen molar-refractivity contribution < 1.29 is 13.9 Å². The number of amides is 1. The number of carbonyl (C=O) groups excluding carboxylic acids is 1. The number of benzene rings is 3. The fraction of sp³-hybridized carbons (Fsp3) is 0.0833. The smallest absolute Gasteiger partial charge is 0.266 e. The van der Waals surface area contributed by atoms with Crippen LogP contribution < -0.4 is 10.1 Å². The Hall–Kier alpha value is -3.43. The number of rotatable bonds is 6. The predicted molar refractivity (Wildman–Crippen MR) is 118 cm³/mol. The Balaban J connectivity index is 1.83. The molecular weight excluding hydrogens is 447 g/mol. The number of hydrogen-bond acceptors (Lipinski definition) is 3. The van der Waals surface area contributed by atoms with Gasteiger partial charge in [0.2, 0.25) is 0 Å². The molecule has 0 atom stereocenters. The Bertz CT molecular complexity index is 1130. The summed E-state index contributed by atoms with van der Waals surface area (Å²) in [6.45, 7) is 2.35. The van der Waals surface area contributed by atoms with Crippen LogP contribution in [-0.2, 0) is 11.4 Å². The third-order valence-electron chi connectivity index (χ3n) is 4.27. The number of ether oxygens (including phenoxy) is 1. The van der Waals surface area contributed by atoms with Gasteiger partial charge in [-0.1, -0.05) is 57.9 Å². The third-order valence-corrected chi connectivity index (χ3v) is 4.77. The van der Waals surface area contributed by atoms with Crippen LogP contribution in [0.15, 0.2) is 76.8 Å². The van der Waals surface area contributed by atoms with Crippen LogP contribution in [0.4, 0.5) is 10.1 Å². The Morgan fingerprint density at radius 3 is 2.60 bits per heavy atom. The summed E-state index contributed by atoms with van der Waals surface area (Å²) in [6, 6.07) is 20.9. The predicted octanol–water partition coefficient (Wildman–Crippen LogP) is 6.02. The van der Waals surface area contributed by atoms with Crippen LogP contribution in [0.5, 0.6) is 5.75 Å². The van der Waals surface area contributed by atoms with Crippen LogP contribution in [-0.4, -0.2) is 5.91 Å². The average molecular weight is 465 g/mol. The molecule has 0 radical (unpaired) electrons. The van der Waals surface area contributed by atoms with Crippen molar-refractivity contribution in [1.29, 1.82) is 5.26 Å². The molecule has 0 fully saturated rings. The van der Waals surface area contributed by atoms with Crippen LogP contribution in [0.25, 0.3) is 6.08 Å². The van der Waals surface area contributed by atoms with Crippen molar-refractivity contribution in [2.24, 2.45) is 0 Å². The van der Waals surface area contributed by atoms with Gasteiger partial charge in [0.15, 0.2) is 0 Å². The monoisotopic (exact) mass is 464 g/mol. The molecule has 0 unspecified atom stereocenters. The molecule has 0 saturated heterocycles. The standard InChI is InChI=1S/C24H18BrFN2O2/c1-16-6-8-17(9-7-16)15-30-23-11-10-20(25)13-18(23)12-19(14-27)24(29)28-22-5-3-2-4-21(22)26/h2-13H,15H2,1H3,(H,28,29)/b19-12-. The number of anilines is 1.